The number of aromatic hydroxyl groups is 1. The number of halogens is 1. The van der Waals surface area contributed by atoms with Crippen LogP contribution < -0.4 is 0 Å². The molecule has 1 N–H and O–H groups in total. The van der Waals surface area contributed by atoms with Gasteiger partial charge in [0.25, 0.3) is 0 Å². The molecule has 1 aromatic carbocycles. The molecule has 3 rings (SSSR count). The van der Waals surface area contributed by atoms with E-state index in [1.54, 1.807) is 12.1 Å². The van der Waals surface area contributed by atoms with E-state index in [1.807, 2.05) is 6.92 Å². The van der Waals surface area contributed by atoms with Gasteiger partial charge in [0.1, 0.15) is 5.52 Å². The summed E-state index contributed by atoms with van der Waals surface area (Å²) < 4.78 is 27.2. The third-order valence-electron chi connectivity index (χ3n) is 3.86. The average molecular weight is 327 g/mol. The van der Waals surface area contributed by atoms with Crippen molar-refractivity contribution in [2.75, 3.05) is 6.54 Å². The van der Waals surface area contributed by atoms with Crippen LogP contribution in [0, 0.1) is 0 Å². The first-order valence-corrected chi connectivity index (χ1v) is 8.53. The molecule has 0 saturated carbocycles. The molecule has 2 aromatic rings. The van der Waals surface area contributed by atoms with Gasteiger partial charge in [-0.1, -0.05) is 11.6 Å². The molecule has 0 aliphatic carbocycles. The summed E-state index contributed by atoms with van der Waals surface area (Å²) in [6, 6.07) is 4.55. The number of phenols is 1. The van der Waals surface area contributed by atoms with E-state index >= 15 is 0 Å². The lowest BCUT2D eigenvalue weighted by atomic mass is 10.2. The summed E-state index contributed by atoms with van der Waals surface area (Å²) in [4.78, 5) is 4.14. The molecule has 1 aromatic heterocycles. The lowest BCUT2D eigenvalue weighted by Crippen LogP contribution is -2.33. The molecular formula is C14H15ClN2O3S. The molecule has 0 radical (unpaired) electrons. The zero-order valence-electron chi connectivity index (χ0n) is 11.5. The van der Waals surface area contributed by atoms with Gasteiger partial charge in [-0.15, -0.1) is 0 Å². The highest BCUT2D eigenvalue weighted by molar-refractivity contribution is 7.89. The normalized spacial score (nSPS) is 20.2. The monoisotopic (exact) mass is 326 g/mol. The van der Waals surface area contributed by atoms with Crippen molar-refractivity contribution in [2.45, 2.75) is 30.7 Å². The fourth-order valence-corrected chi connectivity index (χ4v) is 4.94. The van der Waals surface area contributed by atoms with Crippen LogP contribution in [0.15, 0.2) is 29.3 Å². The van der Waals surface area contributed by atoms with Gasteiger partial charge in [0.15, 0.2) is 5.75 Å². The number of hydrogen-bond donors (Lipinski definition) is 1. The fourth-order valence-electron chi connectivity index (χ4n) is 2.77. The van der Waals surface area contributed by atoms with E-state index < -0.39 is 10.0 Å². The van der Waals surface area contributed by atoms with Crippen LogP contribution in [0.3, 0.4) is 0 Å². The van der Waals surface area contributed by atoms with Crippen molar-refractivity contribution in [1.29, 1.82) is 0 Å². The van der Waals surface area contributed by atoms with Crippen LogP contribution in [-0.2, 0) is 10.0 Å². The summed E-state index contributed by atoms with van der Waals surface area (Å²) in [7, 11) is -3.66. The molecular weight excluding hydrogens is 312 g/mol. The van der Waals surface area contributed by atoms with Crippen molar-refractivity contribution < 1.29 is 13.5 Å². The van der Waals surface area contributed by atoms with Crippen LogP contribution in [-0.4, -0.2) is 35.4 Å². The van der Waals surface area contributed by atoms with Crippen LogP contribution in [0.5, 0.6) is 5.75 Å². The van der Waals surface area contributed by atoms with Gasteiger partial charge < -0.3 is 5.11 Å². The zero-order valence-corrected chi connectivity index (χ0v) is 13.0. The third kappa shape index (κ3) is 2.27. The van der Waals surface area contributed by atoms with Gasteiger partial charge in [0.05, 0.1) is 9.92 Å². The molecule has 2 heterocycles. The highest BCUT2D eigenvalue weighted by Crippen LogP contribution is 2.37. The fraction of sp³-hybridized carbons (Fsp3) is 0.357. The van der Waals surface area contributed by atoms with E-state index in [4.69, 9.17) is 11.6 Å². The molecule has 0 spiro atoms. The molecule has 0 unspecified atom stereocenters. The number of nitrogens with zero attached hydrogens (tertiary/aromatic N) is 2. The Hall–Kier alpha value is -1.37. The highest BCUT2D eigenvalue weighted by Gasteiger charge is 2.34. The summed E-state index contributed by atoms with van der Waals surface area (Å²) in [5.41, 5.74) is 0.204. The smallest absolute Gasteiger partial charge is 0.244 e. The Balaban J connectivity index is 2.28. The van der Waals surface area contributed by atoms with Crippen molar-refractivity contribution in [2.24, 2.45) is 0 Å². The first kappa shape index (κ1) is 14.6. The predicted octanol–water partition coefficient (Wildman–Crippen LogP) is 2.77. The van der Waals surface area contributed by atoms with Gasteiger partial charge in [-0.25, -0.2) is 8.42 Å². The molecule has 1 aliphatic heterocycles. The Kier molecular flexibility index (Phi) is 3.55. The molecule has 0 amide bonds. The number of rotatable bonds is 2. The summed E-state index contributed by atoms with van der Waals surface area (Å²) in [5.74, 6) is -0.194. The minimum absolute atomic E-state index is 0.00775. The van der Waals surface area contributed by atoms with Crippen LogP contribution in [0.25, 0.3) is 10.9 Å². The molecule has 112 valence electrons. The maximum absolute atomic E-state index is 12.9. The summed E-state index contributed by atoms with van der Waals surface area (Å²) in [5, 5.41) is 10.3. The first-order valence-electron chi connectivity index (χ1n) is 6.71. The van der Waals surface area contributed by atoms with E-state index in [-0.39, 0.29) is 27.2 Å². The van der Waals surface area contributed by atoms with E-state index in [9.17, 15) is 13.5 Å². The van der Waals surface area contributed by atoms with Gasteiger partial charge >= 0.3 is 0 Å². The molecule has 1 fully saturated rings. The maximum atomic E-state index is 12.9. The second-order valence-electron chi connectivity index (χ2n) is 5.21. The number of sulfonamides is 1. The second-order valence-corrected chi connectivity index (χ2v) is 7.48. The summed E-state index contributed by atoms with van der Waals surface area (Å²) in [6.45, 7) is 2.40. The van der Waals surface area contributed by atoms with Crippen molar-refractivity contribution in [3.63, 3.8) is 0 Å². The van der Waals surface area contributed by atoms with Crippen molar-refractivity contribution in [3.05, 3.63) is 29.4 Å². The minimum Gasteiger partial charge on any atom is -0.504 e. The molecule has 1 saturated heterocycles. The van der Waals surface area contributed by atoms with E-state index in [1.165, 1.54) is 16.6 Å². The third-order valence-corrected chi connectivity index (χ3v) is 6.20. The summed E-state index contributed by atoms with van der Waals surface area (Å²) in [6.07, 6.45) is 3.19. The van der Waals surface area contributed by atoms with Crippen LogP contribution in [0.2, 0.25) is 5.02 Å². The number of fused-ring (bicyclic) bond motifs is 1. The minimum atomic E-state index is -3.66. The largest absolute Gasteiger partial charge is 0.504 e. The van der Waals surface area contributed by atoms with E-state index in [0.29, 0.717) is 11.9 Å². The number of hydrogen-bond acceptors (Lipinski definition) is 4. The van der Waals surface area contributed by atoms with Crippen molar-refractivity contribution in [3.8, 4) is 5.75 Å². The first-order chi connectivity index (χ1) is 9.93. The summed E-state index contributed by atoms with van der Waals surface area (Å²) >= 11 is 5.97. The van der Waals surface area contributed by atoms with Gasteiger partial charge in [-0.3, -0.25) is 4.98 Å². The van der Waals surface area contributed by atoms with E-state index in [2.05, 4.69) is 4.98 Å². The Bertz CT molecular complexity index is 807. The van der Waals surface area contributed by atoms with Crippen molar-refractivity contribution in [1.82, 2.24) is 9.29 Å². The van der Waals surface area contributed by atoms with Crippen LogP contribution >= 0.6 is 11.6 Å². The Labute approximate surface area is 128 Å². The highest BCUT2D eigenvalue weighted by atomic mass is 35.5. The lowest BCUT2D eigenvalue weighted by molar-refractivity contribution is 0.409. The van der Waals surface area contributed by atoms with Gasteiger partial charge in [0.2, 0.25) is 10.0 Å². The quantitative estimate of drug-likeness (QED) is 0.921. The SMILES string of the molecule is C[C@@H]1CCCN1S(=O)(=O)c1cc(Cl)c(O)c2ncccc12. The zero-order chi connectivity index (χ0) is 15.2. The Morgan fingerprint density at radius 3 is 2.90 bits per heavy atom. The van der Waals surface area contributed by atoms with Crippen LogP contribution in [0.4, 0.5) is 0 Å². The molecule has 21 heavy (non-hydrogen) atoms. The van der Waals surface area contributed by atoms with E-state index in [0.717, 1.165) is 12.8 Å². The molecule has 1 atom stereocenters. The number of aromatic nitrogens is 1. The van der Waals surface area contributed by atoms with Gasteiger partial charge in [-0.05, 0) is 38.0 Å². The molecule has 1 aliphatic rings. The number of pyridine rings is 1. The van der Waals surface area contributed by atoms with Crippen molar-refractivity contribution >= 4 is 32.5 Å². The molecule has 0 bridgehead atoms. The Morgan fingerprint density at radius 2 is 2.24 bits per heavy atom. The van der Waals surface area contributed by atoms with Gasteiger partial charge in [0, 0.05) is 24.2 Å². The molecule has 5 nitrogen and oxygen atoms in total. The predicted molar refractivity (Wildman–Crippen MR) is 81.0 cm³/mol. The maximum Gasteiger partial charge on any atom is 0.244 e. The average Bonchev–Trinajstić information content (AvgIpc) is 2.89. The Morgan fingerprint density at radius 1 is 1.48 bits per heavy atom. The van der Waals surface area contributed by atoms with Crippen LogP contribution in [0.1, 0.15) is 19.8 Å². The lowest BCUT2D eigenvalue weighted by Gasteiger charge is -2.22. The molecule has 7 heteroatoms. The standard InChI is InChI=1S/C14H15ClN2O3S/c1-9-4-3-7-17(9)21(19,20)12-8-11(15)14(18)13-10(12)5-2-6-16-13/h2,5-6,8-9,18H,3-4,7H2,1H3/t9-/m1/s1. The number of benzene rings is 1. The number of phenolic OH excluding ortho intramolecular Hbond substituents is 1. The van der Waals surface area contributed by atoms with Gasteiger partial charge in [-0.2, -0.15) is 4.31 Å². The topological polar surface area (TPSA) is 70.5 Å². The second kappa shape index (κ2) is 5.12.